The van der Waals surface area contributed by atoms with Crippen molar-refractivity contribution in [2.75, 3.05) is 18.5 Å². The van der Waals surface area contributed by atoms with Gasteiger partial charge in [0.05, 0.1) is 36.9 Å². The number of nitrogens with two attached hydrogens (primary N) is 2. The Morgan fingerprint density at radius 1 is 0.930 bits per heavy atom. The van der Waals surface area contributed by atoms with E-state index in [1.165, 1.54) is 0 Å². The molecule has 226 valence electrons. The molecule has 43 heavy (non-hydrogen) atoms. The van der Waals surface area contributed by atoms with E-state index >= 15 is 0 Å². The molecular weight excluding hydrogens is 542 g/mol. The van der Waals surface area contributed by atoms with Crippen molar-refractivity contribution in [3.8, 4) is 11.5 Å². The standard InChI is InChI=1S/C34H41N5O4/c1-4-25-23(20-38-34(41)27(35)16-15-22-11-8-7-9-12-22)13-10-14-28(25)39-33-24(17-32(36)40)21-37-29-19-31(43-6-3)30(42-5-2)18-26(29)33/h7-14,18-19,21,27H,4-6,15-17,20,35H2,1-3H3,(H2,36,40)(H,37,39)(H,38,41)/t27-/m0/s1. The van der Waals surface area contributed by atoms with Crippen LogP contribution in [0.25, 0.3) is 10.9 Å². The Balaban J connectivity index is 1.61. The Bertz CT molecular complexity index is 1560. The fourth-order valence-electron chi connectivity index (χ4n) is 5.13. The Labute approximate surface area is 253 Å². The van der Waals surface area contributed by atoms with Gasteiger partial charge in [-0.05, 0) is 61.9 Å². The molecule has 4 aromatic rings. The SMILES string of the molecule is CCOc1cc2ncc(CC(N)=O)c(Nc3cccc(CNC(=O)[C@@H](N)CCc4ccccc4)c3CC)c2cc1OCC. The minimum Gasteiger partial charge on any atom is -0.490 e. The molecule has 0 aliphatic rings. The van der Waals surface area contributed by atoms with Crippen LogP contribution >= 0.6 is 0 Å². The molecule has 0 fully saturated rings. The number of carbonyl (C=O) groups is 2. The topological polar surface area (TPSA) is 142 Å². The molecule has 0 aliphatic carbocycles. The van der Waals surface area contributed by atoms with E-state index in [0.29, 0.717) is 60.9 Å². The minimum absolute atomic E-state index is 0.0144. The first-order valence-corrected chi connectivity index (χ1v) is 14.8. The Morgan fingerprint density at radius 2 is 1.65 bits per heavy atom. The van der Waals surface area contributed by atoms with Crippen LogP contribution in [0.1, 0.15) is 49.4 Å². The predicted molar refractivity (Wildman–Crippen MR) is 171 cm³/mol. The number of nitrogens with zero attached hydrogens (tertiary/aromatic N) is 1. The number of carbonyl (C=O) groups excluding carboxylic acids is 2. The van der Waals surface area contributed by atoms with Gasteiger partial charge < -0.3 is 31.6 Å². The molecule has 0 aliphatic heterocycles. The number of hydrogen-bond acceptors (Lipinski definition) is 7. The lowest BCUT2D eigenvalue weighted by Gasteiger charge is -2.20. The van der Waals surface area contributed by atoms with Crippen molar-refractivity contribution in [1.29, 1.82) is 0 Å². The lowest BCUT2D eigenvalue weighted by atomic mass is 10.0. The van der Waals surface area contributed by atoms with Gasteiger partial charge in [-0.1, -0.05) is 49.4 Å². The molecule has 0 radical (unpaired) electrons. The third-order valence-corrected chi connectivity index (χ3v) is 7.24. The first-order valence-electron chi connectivity index (χ1n) is 14.8. The second kappa shape index (κ2) is 15.0. The number of fused-ring (bicyclic) bond motifs is 1. The zero-order valence-corrected chi connectivity index (χ0v) is 25.1. The third-order valence-electron chi connectivity index (χ3n) is 7.24. The van der Waals surface area contributed by atoms with E-state index in [2.05, 4.69) is 22.5 Å². The molecule has 1 aromatic heterocycles. The summed E-state index contributed by atoms with van der Waals surface area (Å²) in [5, 5.41) is 7.36. The number of aromatic nitrogens is 1. The monoisotopic (exact) mass is 583 g/mol. The van der Waals surface area contributed by atoms with Crippen LogP contribution in [0.2, 0.25) is 0 Å². The predicted octanol–water partition coefficient (Wildman–Crippen LogP) is 4.94. The summed E-state index contributed by atoms with van der Waals surface area (Å²) in [5.74, 6) is 0.547. The van der Waals surface area contributed by atoms with Gasteiger partial charge in [0, 0.05) is 35.4 Å². The maximum atomic E-state index is 12.8. The van der Waals surface area contributed by atoms with E-state index in [4.69, 9.17) is 20.9 Å². The van der Waals surface area contributed by atoms with Crippen molar-refractivity contribution in [3.05, 3.63) is 89.1 Å². The van der Waals surface area contributed by atoms with Crippen LogP contribution in [0, 0.1) is 0 Å². The quantitative estimate of drug-likeness (QED) is 0.155. The summed E-state index contributed by atoms with van der Waals surface area (Å²) in [6, 6.07) is 19.0. The number of pyridine rings is 1. The van der Waals surface area contributed by atoms with E-state index in [1.807, 2.05) is 74.5 Å². The first kappa shape index (κ1) is 31.3. The number of anilines is 2. The molecule has 9 nitrogen and oxygen atoms in total. The summed E-state index contributed by atoms with van der Waals surface area (Å²) < 4.78 is 11.7. The fraction of sp³-hybridized carbons (Fsp3) is 0.324. The lowest BCUT2D eigenvalue weighted by Crippen LogP contribution is -2.40. The number of ether oxygens (including phenoxy) is 2. The Kier molecular flexibility index (Phi) is 10.9. The molecule has 0 spiro atoms. The van der Waals surface area contributed by atoms with Crippen LogP contribution in [0.5, 0.6) is 11.5 Å². The lowest BCUT2D eigenvalue weighted by molar-refractivity contribution is -0.122. The minimum atomic E-state index is -0.604. The van der Waals surface area contributed by atoms with Gasteiger partial charge in [-0.15, -0.1) is 0 Å². The van der Waals surface area contributed by atoms with E-state index in [-0.39, 0.29) is 12.3 Å². The molecule has 9 heteroatoms. The van der Waals surface area contributed by atoms with Crippen molar-refractivity contribution in [2.45, 2.75) is 59.0 Å². The fourth-order valence-corrected chi connectivity index (χ4v) is 5.13. The van der Waals surface area contributed by atoms with Crippen LogP contribution in [0.15, 0.2) is 66.9 Å². The Morgan fingerprint density at radius 3 is 2.33 bits per heavy atom. The molecule has 1 atom stereocenters. The number of rotatable bonds is 15. The highest BCUT2D eigenvalue weighted by molar-refractivity contribution is 5.98. The van der Waals surface area contributed by atoms with Crippen LogP contribution in [0.4, 0.5) is 11.4 Å². The summed E-state index contributed by atoms with van der Waals surface area (Å²) in [6.07, 6.45) is 3.68. The van der Waals surface area contributed by atoms with Crippen LogP contribution in [-0.4, -0.2) is 36.1 Å². The molecule has 0 unspecified atom stereocenters. The number of amides is 2. The van der Waals surface area contributed by atoms with E-state index < -0.39 is 11.9 Å². The highest BCUT2D eigenvalue weighted by Gasteiger charge is 2.18. The zero-order chi connectivity index (χ0) is 30.8. The third kappa shape index (κ3) is 8.02. The van der Waals surface area contributed by atoms with Gasteiger partial charge in [0.25, 0.3) is 0 Å². The molecule has 0 bridgehead atoms. The Hall–Kier alpha value is -4.63. The van der Waals surface area contributed by atoms with E-state index in [9.17, 15) is 9.59 Å². The molecule has 6 N–H and O–H groups in total. The highest BCUT2D eigenvalue weighted by atomic mass is 16.5. The van der Waals surface area contributed by atoms with Crippen molar-refractivity contribution in [2.24, 2.45) is 11.5 Å². The highest BCUT2D eigenvalue weighted by Crippen LogP contribution is 2.38. The maximum Gasteiger partial charge on any atom is 0.237 e. The maximum absolute atomic E-state index is 12.8. The number of aryl methyl sites for hydroxylation is 1. The normalized spacial score (nSPS) is 11.6. The van der Waals surface area contributed by atoms with Gasteiger partial charge >= 0.3 is 0 Å². The van der Waals surface area contributed by atoms with Crippen molar-refractivity contribution in [3.63, 3.8) is 0 Å². The molecule has 0 saturated carbocycles. The van der Waals surface area contributed by atoms with Crippen molar-refractivity contribution < 1.29 is 19.1 Å². The van der Waals surface area contributed by atoms with Crippen molar-refractivity contribution >= 4 is 34.1 Å². The summed E-state index contributed by atoms with van der Waals surface area (Å²) in [5.41, 5.74) is 17.9. The van der Waals surface area contributed by atoms with Gasteiger partial charge in [0.1, 0.15) is 0 Å². The van der Waals surface area contributed by atoms with Crippen LogP contribution in [-0.2, 0) is 35.4 Å². The van der Waals surface area contributed by atoms with Crippen molar-refractivity contribution in [1.82, 2.24) is 10.3 Å². The van der Waals surface area contributed by atoms with E-state index in [0.717, 1.165) is 34.2 Å². The van der Waals surface area contributed by atoms with Gasteiger partial charge in [0.2, 0.25) is 11.8 Å². The van der Waals surface area contributed by atoms with Gasteiger partial charge in [0.15, 0.2) is 11.5 Å². The molecule has 3 aromatic carbocycles. The molecule has 1 heterocycles. The number of benzene rings is 3. The van der Waals surface area contributed by atoms with Gasteiger partial charge in [-0.25, -0.2) is 0 Å². The summed E-state index contributed by atoms with van der Waals surface area (Å²) in [7, 11) is 0. The molecular formula is C34H41N5O4. The second-order valence-electron chi connectivity index (χ2n) is 10.3. The number of primary amides is 1. The number of nitrogens with one attached hydrogen (secondary N) is 2. The molecule has 4 rings (SSSR count). The summed E-state index contributed by atoms with van der Waals surface area (Å²) in [4.78, 5) is 29.4. The molecule has 0 saturated heterocycles. The first-order chi connectivity index (χ1) is 20.8. The average molecular weight is 584 g/mol. The van der Waals surface area contributed by atoms with Crippen LogP contribution < -0.4 is 31.6 Å². The largest absolute Gasteiger partial charge is 0.490 e. The number of hydrogen-bond donors (Lipinski definition) is 4. The second-order valence-corrected chi connectivity index (χ2v) is 10.3. The van der Waals surface area contributed by atoms with Gasteiger partial charge in [-0.2, -0.15) is 0 Å². The average Bonchev–Trinajstić information content (AvgIpc) is 3.00. The summed E-state index contributed by atoms with van der Waals surface area (Å²) >= 11 is 0. The van der Waals surface area contributed by atoms with Gasteiger partial charge in [-0.3, -0.25) is 14.6 Å². The molecule has 2 amide bonds. The smallest absolute Gasteiger partial charge is 0.237 e. The summed E-state index contributed by atoms with van der Waals surface area (Å²) in [6.45, 7) is 7.18. The zero-order valence-electron chi connectivity index (χ0n) is 25.1. The van der Waals surface area contributed by atoms with E-state index in [1.54, 1.807) is 6.20 Å². The van der Waals surface area contributed by atoms with Crippen LogP contribution in [0.3, 0.4) is 0 Å².